The van der Waals surface area contributed by atoms with Gasteiger partial charge < -0.3 is 4.90 Å². The molecule has 0 bridgehead atoms. The molecule has 6 heteroatoms. The Balaban J connectivity index is 1.99. The van der Waals surface area contributed by atoms with E-state index in [0.29, 0.717) is 5.92 Å². The normalized spacial score (nSPS) is 10.8. The fraction of sp³-hybridized carbons (Fsp3) is 0.429. The molecule has 0 radical (unpaired) electrons. The first kappa shape index (κ1) is 14.8. The Morgan fingerprint density at radius 3 is 2.55 bits per heavy atom. The van der Waals surface area contributed by atoms with E-state index in [0.717, 1.165) is 34.9 Å². The van der Waals surface area contributed by atoms with Crippen LogP contribution in [-0.2, 0) is 6.42 Å². The van der Waals surface area contributed by atoms with Crippen LogP contribution in [0, 0.1) is 0 Å². The lowest BCUT2D eigenvalue weighted by Gasteiger charge is -2.18. The van der Waals surface area contributed by atoms with Crippen molar-refractivity contribution in [1.29, 1.82) is 0 Å². The summed E-state index contributed by atoms with van der Waals surface area (Å²) in [7, 11) is 2.02. The van der Waals surface area contributed by atoms with Gasteiger partial charge in [-0.1, -0.05) is 13.8 Å². The summed E-state index contributed by atoms with van der Waals surface area (Å²) >= 11 is 3.33. The van der Waals surface area contributed by atoms with Crippen LogP contribution in [0.4, 0.5) is 5.82 Å². The summed E-state index contributed by atoms with van der Waals surface area (Å²) in [5.41, 5.74) is 0. The molecular formula is C14H18BrN5. The van der Waals surface area contributed by atoms with Crippen molar-refractivity contribution in [2.24, 2.45) is 0 Å². The second-order valence-corrected chi connectivity index (χ2v) is 5.83. The Labute approximate surface area is 127 Å². The highest BCUT2D eigenvalue weighted by atomic mass is 79.9. The minimum absolute atomic E-state index is 0.332. The van der Waals surface area contributed by atoms with Gasteiger partial charge in [-0.25, -0.2) is 19.9 Å². The second-order valence-electron chi connectivity index (χ2n) is 4.92. The molecule has 20 heavy (non-hydrogen) atoms. The van der Waals surface area contributed by atoms with E-state index in [9.17, 15) is 0 Å². The number of hydrogen-bond acceptors (Lipinski definition) is 5. The van der Waals surface area contributed by atoms with Crippen molar-refractivity contribution in [2.45, 2.75) is 26.2 Å². The van der Waals surface area contributed by atoms with Crippen molar-refractivity contribution in [2.75, 3.05) is 18.5 Å². The van der Waals surface area contributed by atoms with Gasteiger partial charge in [0.2, 0.25) is 0 Å². The summed E-state index contributed by atoms with van der Waals surface area (Å²) in [6.45, 7) is 5.00. The summed E-state index contributed by atoms with van der Waals surface area (Å²) in [6, 6.07) is 1.92. The zero-order valence-corrected chi connectivity index (χ0v) is 13.5. The number of likely N-dealkylation sites (N-methyl/N-ethyl adjacent to an activating group) is 1. The second kappa shape index (κ2) is 6.74. The number of aromatic nitrogens is 4. The van der Waals surface area contributed by atoms with Crippen LogP contribution in [-0.4, -0.2) is 33.5 Å². The van der Waals surface area contributed by atoms with E-state index in [2.05, 4.69) is 54.6 Å². The minimum atomic E-state index is 0.332. The van der Waals surface area contributed by atoms with Crippen LogP contribution in [0.5, 0.6) is 0 Å². The van der Waals surface area contributed by atoms with Crippen molar-refractivity contribution in [3.05, 3.63) is 40.8 Å². The van der Waals surface area contributed by atoms with Gasteiger partial charge in [0.25, 0.3) is 0 Å². The van der Waals surface area contributed by atoms with Crippen molar-refractivity contribution in [1.82, 2.24) is 19.9 Å². The Morgan fingerprint density at radius 2 is 1.90 bits per heavy atom. The molecular weight excluding hydrogens is 318 g/mol. The van der Waals surface area contributed by atoms with Gasteiger partial charge in [-0.2, -0.15) is 0 Å². The number of nitrogens with zero attached hydrogens (tertiary/aromatic N) is 5. The lowest BCUT2D eigenvalue weighted by atomic mass is 10.2. The number of rotatable bonds is 5. The van der Waals surface area contributed by atoms with Crippen LogP contribution in [0.15, 0.2) is 29.1 Å². The average Bonchev–Trinajstić information content (AvgIpc) is 2.46. The third kappa shape index (κ3) is 3.96. The number of halogens is 1. The first-order chi connectivity index (χ1) is 9.56. The molecule has 0 fully saturated rings. The highest BCUT2D eigenvalue weighted by Gasteiger charge is 2.08. The van der Waals surface area contributed by atoms with Crippen LogP contribution in [0.2, 0.25) is 0 Å². The van der Waals surface area contributed by atoms with E-state index >= 15 is 0 Å². The minimum Gasteiger partial charge on any atom is -0.359 e. The third-order valence-electron chi connectivity index (χ3n) is 2.91. The molecule has 0 aliphatic carbocycles. The van der Waals surface area contributed by atoms with E-state index in [4.69, 9.17) is 0 Å². The maximum Gasteiger partial charge on any atom is 0.133 e. The predicted molar refractivity (Wildman–Crippen MR) is 82.8 cm³/mol. The maximum absolute atomic E-state index is 4.57. The molecule has 5 nitrogen and oxygen atoms in total. The van der Waals surface area contributed by atoms with Gasteiger partial charge in [-0.05, 0) is 22.0 Å². The zero-order chi connectivity index (χ0) is 14.5. The van der Waals surface area contributed by atoms with Crippen LogP contribution in [0.25, 0.3) is 0 Å². The smallest absolute Gasteiger partial charge is 0.133 e. The Morgan fingerprint density at radius 1 is 1.20 bits per heavy atom. The number of hydrogen-bond donors (Lipinski definition) is 0. The molecule has 2 heterocycles. The Kier molecular flexibility index (Phi) is 5.00. The van der Waals surface area contributed by atoms with E-state index < -0.39 is 0 Å². The molecule has 0 aromatic carbocycles. The van der Waals surface area contributed by atoms with E-state index in [-0.39, 0.29) is 0 Å². The largest absolute Gasteiger partial charge is 0.359 e. The van der Waals surface area contributed by atoms with Crippen molar-refractivity contribution < 1.29 is 0 Å². The molecule has 0 aliphatic rings. The lowest BCUT2D eigenvalue weighted by Crippen LogP contribution is -2.22. The maximum atomic E-state index is 4.57. The number of anilines is 1. The highest BCUT2D eigenvalue weighted by molar-refractivity contribution is 9.10. The molecule has 106 valence electrons. The molecule has 0 atom stereocenters. The molecule has 0 saturated carbocycles. The van der Waals surface area contributed by atoms with Gasteiger partial charge in [0.15, 0.2) is 0 Å². The molecule has 0 amide bonds. The summed E-state index contributed by atoms with van der Waals surface area (Å²) in [5, 5.41) is 0. The fourth-order valence-corrected chi connectivity index (χ4v) is 1.91. The van der Waals surface area contributed by atoms with Gasteiger partial charge in [0.1, 0.15) is 17.5 Å². The van der Waals surface area contributed by atoms with Crippen LogP contribution >= 0.6 is 15.9 Å². The topological polar surface area (TPSA) is 54.8 Å². The summed E-state index contributed by atoms with van der Waals surface area (Å²) in [4.78, 5) is 19.5. The van der Waals surface area contributed by atoms with Crippen LogP contribution in [0.3, 0.4) is 0 Å². The van der Waals surface area contributed by atoms with E-state index in [1.165, 1.54) is 0 Å². The molecule has 2 aromatic rings. The lowest BCUT2D eigenvalue weighted by molar-refractivity contribution is 0.754. The molecule has 0 spiro atoms. The van der Waals surface area contributed by atoms with Crippen molar-refractivity contribution in [3.63, 3.8) is 0 Å². The van der Waals surface area contributed by atoms with Gasteiger partial charge in [0, 0.05) is 44.5 Å². The summed E-state index contributed by atoms with van der Waals surface area (Å²) in [5.74, 6) is 2.96. The zero-order valence-electron chi connectivity index (χ0n) is 11.9. The van der Waals surface area contributed by atoms with E-state index in [1.54, 1.807) is 12.4 Å². The first-order valence-corrected chi connectivity index (χ1v) is 7.36. The van der Waals surface area contributed by atoms with Crippen LogP contribution < -0.4 is 4.90 Å². The summed E-state index contributed by atoms with van der Waals surface area (Å²) < 4.78 is 0.895. The Bertz CT molecular complexity index is 556. The van der Waals surface area contributed by atoms with Gasteiger partial charge >= 0.3 is 0 Å². The fourth-order valence-electron chi connectivity index (χ4n) is 1.70. The predicted octanol–water partition coefficient (Wildman–Crippen LogP) is 2.83. The first-order valence-electron chi connectivity index (χ1n) is 6.56. The summed E-state index contributed by atoms with van der Waals surface area (Å²) in [6.07, 6.45) is 6.13. The molecule has 0 N–H and O–H groups in total. The van der Waals surface area contributed by atoms with Crippen molar-refractivity contribution in [3.8, 4) is 0 Å². The molecule has 0 saturated heterocycles. The Hall–Kier alpha value is -1.56. The molecule has 0 aliphatic heterocycles. The van der Waals surface area contributed by atoms with Crippen LogP contribution in [0.1, 0.15) is 31.4 Å². The quantitative estimate of drug-likeness (QED) is 0.840. The monoisotopic (exact) mass is 335 g/mol. The van der Waals surface area contributed by atoms with Gasteiger partial charge in [-0.3, -0.25) is 0 Å². The average molecular weight is 336 g/mol. The molecule has 2 aromatic heterocycles. The van der Waals surface area contributed by atoms with Crippen molar-refractivity contribution >= 4 is 21.7 Å². The SMILES string of the molecule is CC(C)c1nccc(N(C)CCc2ncc(Br)cn2)n1. The van der Waals surface area contributed by atoms with Gasteiger partial charge in [-0.15, -0.1) is 0 Å². The van der Waals surface area contributed by atoms with Gasteiger partial charge in [0.05, 0.1) is 4.47 Å². The highest BCUT2D eigenvalue weighted by Crippen LogP contribution is 2.14. The standard InChI is InChI=1S/C14H18BrN5/c1-10(2)14-16-6-4-13(19-14)20(3)7-5-12-17-8-11(15)9-18-12/h4,6,8-10H,5,7H2,1-3H3. The molecule has 0 unspecified atom stereocenters. The van der Waals surface area contributed by atoms with E-state index in [1.807, 2.05) is 19.3 Å². The molecule has 2 rings (SSSR count). The third-order valence-corrected chi connectivity index (χ3v) is 3.32.